The molecule has 0 aliphatic carbocycles. The second-order valence-electron chi connectivity index (χ2n) is 6.56. The van der Waals surface area contributed by atoms with Crippen LogP contribution in [0.15, 0.2) is 60.4 Å². The fourth-order valence-corrected chi connectivity index (χ4v) is 3.12. The molecule has 1 aliphatic rings. The zero-order valence-electron chi connectivity index (χ0n) is 15.3. The smallest absolute Gasteiger partial charge is 0.232 e. The predicted octanol–water partition coefficient (Wildman–Crippen LogP) is 5.61. The number of aryl methyl sites for hydroxylation is 1. The second-order valence-corrected chi connectivity index (χ2v) is 6.56. The topological polar surface area (TPSA) is 35.5 Å². The number of allylic oxidation sites excluding steroid dienone is 1. The summed E-state index contributed by atoms with van der Waals surface area (Å²) in [6.07, 6.45) is 1.34. The summed E-state index contributed by atoms with van der Waals surface area (Å²) < 4.78 is 52.5. The van der Waals surface area contributed by atoms with Gasteiger partial charge in [0.25, 0.3) is 0 Å². The van der Waals surface area contributed by atoms with Crippen LogP contribution in [-0.4, -0.2) is 5.78 Å². The van der Waals surface area contributed by atoms with Crippen LogP contribution in [0.5, 0.6) is 11.5 Å². The first-order valence-corrected chi connectivity index (χ1v) is 8.83. The number of fused-ring (bicyclic) bond motifs is 1. The normalized spacial score (nSPS) is 14.1. The van der Waals surface area contributed by atoms with Crippen LogP contribution in [0.4, 0.5) is 13.2 Å². The molecule has 0 amide bonds. The molecule has 3 aromatic rings. The van der Waals surface area contributed by atoms with Gasteiger partial charge < -0.3 is 9.47 Å². The Labute approximate surface area is 165 Å². The first kappa shape index (κ1) is 18.8. The molecule has 0 fully saturated rings. The molecule has 6 heteroatoms. The Balaban J connectivity index is 1.60. The maximum atomic E-state index is 13.9. The zero-order valence-corrected chi connectivity index (χ0v) is 15.3. The fourth-order valence-electron chi connectivity index (χ4n) is 3.12. The molecule has 0 atom stereocenters. The summed E-state index contributed by atoms with van der Waals surface area (Å²) in [5, 5.41) is 0. The van der Waals surface area contributed by atoms with Gasteiger partial charge in [-0.1, -0.05) is 24.3 Å². The van der Waals surface area contributed by atoms with E-state index >= 15 is 0 Å². The van der Waals surface area contributed by atoms with Crippen molar-refractivity contribution in [2.45, 2.75) is 13.5 Å². The van der Waals surface area contributed by atoms with E-state index in [0.717, 1.165) is 12.1 Å². The van der Waals surface area contributed by atoms with Gasteiger partial charge in [0.2, 0.25) is 5.78 Å². The Kier molecular flexibility index (Phi) is 4.84. The van der Waals surface area contributed by atoms with Crippen LogP contribution in [0.3, 0.4) is 0 Å². The molecule has 1 aliphatic heterocycles. The molecule has 4 rings (SSSR count). The minimum absolute atomic E-state index is 0.00880. The van der Waals surface area contributed by atoms with Crippen molar-refractivity contribution in [3.05, 3.63) is 100 Å². The first-order chi connectivity index (χ1) is 13.9. The van der Waals surface area contributed by atoms with Crippen molar-refractivity contribution in [3.8, 4) is 11.5 Å². The van der Waals surface area contributed by atoms with Gasteiger partial charge in [-0.3, -0.25) is 4.79 Å². The van der Waals surface area contributed by atoms with Crippen molar-refractivity contribution in [3.63, 3.8) is 0 Å². The molecule has 0 saturated heterocycles. The molecule has 0 aromatic heterocycles. The third-order valence-electron chi connectivity index (χ3n) is 4.58. The monoisotopic (exact) mass is 396 g/mol. The van der Waals surface area contributed by atoms with Gasteiger partial charge in [-0.05, 0) is 42.8 Å². The number of halogens is 3. The van der Waals surface area contributed by atoms with Gasteiger partial charge >= 0.3 is 0 Å². The van der Waals surface area contributed by atoms with Crippen LogP contribution >= 0.6 is 0 Å². The van der Waals surface area contributed by atoms with E-state index in [-0.39, 0.29) is 35.0 Å². The number of hydrogen-bond donors (Lipinski definition) is 0. The molecule has 0 N–H and O–H groups in total. The molecule has 0 bridgehead atoms. The average Bonchev–Trinajstić information content (AvgIpc) is 2.99. The molecule has 146 valence electrons. The number of ether oxygens (including phenoxy) is 2. The first-order valence-electron chi connectivity index (χ1n) is 8.83. The van der Waals surface area contributed by atoms with Crippen molar-refractivity contribution in [1.82, 2.24) is 0 Å². The number of benzene rings is 3. The van der Waals surface area contributed by atoms with Crippen molar-refractivity contribution >= 4 is 11.9 Å². The highest BCUT2D eigenvalue weighted by atomic mass is 19.1. The molecule has 29 heavy (non-hydrogen) atoms. The highest BCUT2D eigenvalue weighted by molar-refractivity contribution is 6.15. The van der Waals surface area contributed by atoms with E-state index in [9.17, 15) is 18.0 Å². The molecule has 1 heterocycles. The van der Waals surface area contributed by atoms with Crippen molar-refractivity contribution in [2.75, 3.05) is 0 Å². The largest absolute Gasteiger partial charge is 0.489 e. The van der Waals surface area contributed by atoms with Gasteiger partial charge in [-0.15, -0.1) is 0 Å². The predicted molar refractivity (Wildman–Crippen MR) is 101 cm³/mol. The summed E-state index contributed by atoms with van der Waals surface area (Å²) in [7, 11) is 0. The molecular weight excluding hydrogens is 381 g/mol. The van der Waals surface area contributed by atoms with E-state index in [0.29, 0.717) is 16.9 Å². The van der Waals surface area contributed by atoms with E-state index in [4.69, 9.17) is 9.47 Å². The molecule has 3 nitrogen and oxygen atoms in total. The Hall–Kier alpha value is -3.54. The summed E-state index contributed by atoms with van der Waals surface area (Å²) in [4.78, 5) is 12.7. The van der Waals surface area contributed by atoms with Crippen LogP contribution in [0.25, 0.3) is 6.08 Å². The van der Waals surface area contributed by atoms with Crippen molar-refractivity contribution < 1.29 is 27.4 Å². The van der Waals surface area contributed by atoms with E-state index in [1.807, 2.05) is 0 Å². The lowest BCUT2D eigenvalue weighted by Gasteiger charge is -2.10. The summed E-state index contributed by atoms with van der Waals surface area (Å²) in [6.45, 7) is 1.38. The Morgan fingerprint density at radius 2 is 1.66 bits per heavy atom. The maximum Gasteiger partial charge on any atom is 0.232 e. The lowest BCUT2D eigenvalue weighted by atomic mass is 10.0. The lowest BCUT2D eigenvalue weighted by Crippen LogP contribution is -2.02. The van der Waals surface area contributed by atoms with Crippen LogP contribution < -0.4 is 9.47 Å². The maximum absolute atomic E-state index is 13.9. The summed E-state index contributed by atoms with van der Waals surface area (Å²) >= 11 is 0. The number of Topliss-reactive ketones (excluding diaryl/α,β-unsaturated/α-hetero) is 1. The van der Waals surface area contributed by atoms with Gasteiger partial charge in [0, 0.05) is 11.6 Å². The van der Waals surface area contributed by atoms with Crippen LogP contribution in [0.1, 0.15) is 27.0 Å². The van der Waals surface area contributed by atoms with Gasteiger partial charge in [0.05, 0.1) is 11.1 Å². The van der Waals surface area contributed by atoms with E-state index in [2.05, 4.69) is 0 Å². The molecule has 3 aromatic carbocycles. The molecule has 0 radical (unpaired) electrons. The second kappa shape index (κ2) is 7.47. The number of carbonyl (C=O) groups excluding carboxylic acids is 1. The van der Waals surface area contributed by atoms with Gasteiger partial charge in [-0.25, -0.2) is 13.2 Å². The highest BCUT2D eigenvalue weighted by Gasteiger charge is 2.30. The number of carbonyl (C=O) groups is 1. The standard InChI is InChI=1S/C23H15F3O3/c1-13-9-15(28-12-16-18(25)7-4-8-19(16)26)11-20-22(13)23(27)21(29-20)10-14-5-2-3-6-17(14)24/h2-11H,12H2,1H3/b21-10-. The van der Waals surface area contributed by atoms with E-state index in [1.54, 1.807) is 25.1 Å². The number of rotatable bonds is 4. The Bertz CT molecular complexity index is 1130. The summed E-state index contributed by atoms with van der Waals surface area (Å²) in [6, 6.07) is 12.7. The number of hydrogen-bond acceptors (Lipinski definition) is 3. The van der Waals surface area contributed by atoms with E-state index in [1.165, 1.54) is 30.3 Å². The third-order valence-corrected chi connectivity index (χ3v) is 4.58. The Morgan fingerprint density at radius 1 is 0.966 bits per heavy atom. The van der Waals surface area contributed by atoms with E-state index < -0.39 is 17.5 Å². The minimum Gasteiger partial charge on any atom is -0.489 e. The SMILES string of the molecule is Cc1cc(OCc2c(F)cccc2F)cc2c1C(=O)/C(=C/c1ccccc1F)O2. The van der Waals surface area contributed by atoms with Gasteiger partial charge in [0.15, 0.2) is 5.76 Å². The van der Waals surface area contributed by atoms with Crippen LogP contribution in [-0.2, 0) is 6.61 Å². The number of ketones is 1. The van der Waals surface area contributed by atoms with Crippen LogP contribution in [0.2, 0.25) is 0 Å². The fraction of sp³-hybridized carbons (Fsp3) is 0.0870. The molecule has 0 saturated carbocycles. The van der Waals surface area contributed by atoms with Gasteiger partial charge in [0.1, 0.15) is 35.6 Å². The third kappa shape index (κ3) is 3.61. The minimum atomic E-state index is -0.704. The Morgan fingerprint density at radius 3 is 2.38 bits per heavy atom. The zero-order chi connectivity index (χ0) is 20.5. The quantitative estimate of drug-likeness (QED) is 0.538. The van der Waals surface area contributed by atoms with Gasteiger partial charge in [-0.2, -0.15) is 0 Å². The van der Waals surface area contributed by atoms with Crippen molar-refractivity contribution in [2.24, 2.45) is 0 Å². The molecular formula is C23H15F3O3. The highest BCUT2D eigenvalue weighted by Crippen LogP contribution is 2.38. The average molecular weight is 396 g/mol. The molecule has 0 spiro atoms. The van der Waals surface area contributed by atoms with Crippen molar-refractivity contribution in [1.29, 1.82) is 0 Å². The molecule has 0 unspecified atom stereocenters. The summed E-state index contributed by atoms with van der Waals surface area (Å²) in [5.41, 5.74) is 0.959. The lowest BCUT2D eigenvalue weighted by molar-refractivity contribution is 0.101. The summed E-state index contributed by atoms with van der Waals surface area (Å²) in [5.74, 6) is -1.71. The van der Waals surface area contributed by atoms with Crippen LogP contribution in [0, 0.1) is 24.4 Å².